The van der Waals surface area contributed by atoms with Gasteiger partial charge in [0.25, 0.3) is 5.91 Å². The van der Waals surface area contributed by atoms with Crippen LogP contribution in [-0.2, 0) is 0 Å². The van der Waals surface area contributed by atoms with Crippen LogP contribution in [0.25, 0.3) is 11.3 Å². The third kappa shape index (κ3) is 2.28. The first kappa shape index (κ1) is 13.0. The third-order valence-corrected chi connectivity index (χ3v) is 5.32. The van der Waals surface area contributed by atoms with Crippen molar-refractivity contribution < 1.29 is 9.90 Å². The summed E-state index contributed by atoms with van der Waals surface area (Å²) in [5.74, 6) is 0.944. The maximum Gasteiger partial charge on any atom is 0.271 e. The number of carbonyl (C=O) groups excluding carboxylic acids is 1. The standard InChI is InChI=1S/C15H17N3O2S/c19-12-3-10-6-18(7-11(10)4-12)15(20)14-5-13(16-17-14)9-1-2-21-8-9/h1-2,5,8,10-12,19H,3-4,6-7H2,(H,16,17)/t10-,11+,12?. The zero-order valence-electron chi connectivity index (χ0n) is 11.5. The van der Waals surface area contributed by atoms with Crippen molar-refractivity contribution in [2.45, 2.75) is 18.9 Å². The van der Waals surface area contributed by atoms with Gasteiger partial charge in [-0.3, -0.25) is 9.89 Å². The molecule has 0 aromatic carbocycles. The van der Waals surface area contributed by atoms with Gasteiger partial charge in [-0.05, 0) is 42.2 Å². The van der Waals surface area contributed by atoms with E-state index in [-0.39, 0.29) is 12.0 Å². The van der Waals surface area contributed by atoms with Crippen molar-refractivity contribution >= 4 is 17.2 Å². The molecule has 2 N–H and O–H groups in total. The van der Waals surface area contributed by atoms with Crippen LogP contribution in [0.1, 0.15) is 23.3 Å². The summed E-state index contributed by atoms with van der Waals surface area (Å²) in [7, 11) is 0. The second kappa shape index (κ2) is 4.96. The number of rotatable bonds is 2. The highest BCUT2D eigenvalue weighted by Gasteiger charge is 2.42. The Balaban J connectivity index is 1.49. The van der Waals surface area contributed by atoms with Gasteiger partial charge in [0.1, 0.15) is 5.69 Å². The van der Waals surface area contributed by atoms with E-state index in [1.54, 1.807) is 11.3 Å². The maximum absolute atomic E-state index is 12.5. The summed E-state index contributed by atoms with van der Waals surface area (Å²) in [5.41, 5.74) is 2.41. The number of hydrogen-bond donors (Lipinski definition) is 2. The second-order valence-electron chi connectivity index (χ2n) is 6.03. The molecule has 3 atom stereocenters. The Morgan fingerprint density at radius 2 is 2.14 bits per heavy atom. The van der Waals surface area contributed by atoms with E-state index in [9.17, 15) is 9.90 Å². The molecule has 2 aromatic heterocycles. The molecule has 5 nitrogen and oxygen atoms in total. The Kier molecular flexibility index (Phi) is 3.08. The van der Waals surface area contributed by atoms with Crippen LogP contribution < -0.4 is 0 Å². The number of carbonyl (C=O) groups is 1. The predicted octanol–water partition coefficient (Wildman–Crippen LogP) is 1.98. The Labute approximate surface area is 126 Å². The molecule has 0 bridgehead atoms. The molecule has 1 aliphatic heterocycles. The number of nitrogens with zero attached hydrogens (tertiary/aromatic N) is 2. The van der Waals surface area contributed by atoms with Crippen LogP contribution in [0, 0.1) is 11.8 Å². The lowest BCUT2D eigenvalue weighted by molar-refractivity contribution is 0.0759. The molecule has 4 rings (SSSR count). The van der Waals surface area contributed by atoms with Crippen LogP contribution >= 0.6 is 11.3 Å². The van der Waals surface area contributed by atoms with Crippen LogP contribution in [0.5, 0.6) is 0 Å². The number of likely N-dealkylation sites (tertiary alicyclic amines) is 1. The van der Waals surface area contributed by atoms with E-state index in [1.165, 1.54) is 0 Å². The van der Waals surface area contributed by atoms with Gasteiger partial charge in [0, 0.05) is 24.0 Å². The number of thiophene rings is 1. The molecule has 6 heteroatoms. The van der Waals surface area contributed by atoms with Gasteiger partial charge in [-0.25, -0.2) is 0 Å². The number of hydrogen-bond acceptors (Lipinski definition) is 4. The number of nitrogens with one attached hydrogen (secondary N) is 1. The molecule has 3 heterocycles. The van der Waals surface area contributed by atoms with Gasteiger partial charge in [0.15, 0.2) is 0 Å². The monoisotopic (exact) mass is 303 g/mol. The minimum Gasteiger partial charge on any atom is -0.393 e. The molecule has 2 fully saturated rings. The molecule has 1 unspecified atom stereocenters. The summed E-state index contributed by atoms with van der Waals surface area (Å²) in [6.45, 7) is 1.51. The van der Waals surface area contributed by atoms with E-state index in [2.05, 4.69) is 10.2 Å². The van der Waals surface area contributed by atoms with Gasteiger partial charge >= 0.3 is 0 Å². The summed E-state index contributed by atoms with van der Waals surface area (Å²) in [4.78, 5) is 14.4. The van der Waals surface area contributed by atoms with E-state index >= 15 is 0 Å². The number of H-pyrrole nitrogens is 1. The molecule has 0 radical (unpaired) electrons. The van der Waals surface area contributed by atoms with Gasteiger partial charge in [0.05, 0.1) is 11.8 Å². The lowest BCUT2D eigenvalue weighted by Gasteiger charge is -2.16. The highest BCUT2D eigenvalue weighted by molar-refractivity contribution is 7.08. The van der Waals surface area contributed by atoms with Crippen molar-refractivity contribution in [3.63, 3.8) is 0 Å². The van der Waals surface area contributed by atoms with Gasteiger partial charge < -0.3 is 10.0 Å². The van der Waals surface area contributed by atoms with Gasteiger partial charge in [-0.1, -0.05) is 0 Å². The van der Waals surface area contributed by atoms with Crippen LogP contribution in [-0.4, -0.2) is 45.3 Å². The molecule has 1 saturated carbocycles. The van der Waals surface area contributed by atoms with Crippen molar-refractivity contribution in [2.75, 3.05) is 13.1 Å². The molecule has 1 saturated heterocycles. The number of aliphatic hydroxyl groups is 1. The molecule has 2 aliphatic rings. The first-order valence-electron chi connectivity index (χ1n) is 7.26. The summed E-state index contributed by atoms with van der Waals surface area (Å²) < 4.78 is 0. The highest BCUT2D eigenvalue weighted by Crippen LogP contribution is 2.38. The number of aliphatic hydroxyl groups excluding tert-OH is 1. The SMILES string of the molecule is O=C(c1cc(-c2ccsc2)n[nH]1)N1C[C@H]2CC(O)C[C@H]2C1. The molecular formula is C15H17N3O2S. The summed E-state index contributed by atoms with van der Waals surface area (Å²) in [5, 5.41) is 20.8. The molecule has 1 amide bonds. The third-order valence-electron chi connectivity index (χ3n) is 4.64. The maximum atomic E-state index is 12.5. The smallest absolute Gasteiger partial charge is 0.271 e. The number of aromatic amines is 1. The second-order valence-corrected chi connectivity index (χ2v) is 6.81. The molecule has 2 aromatic rings. The Morgan fingerprint density at radius 1 is 1.38 bits per heavy atom. The minimum atomic E-state index is -0.172. The lowest BCUT2D eigenvalue weighted by Crippen LogP contribution is -2.30. The van der Waals surface area contributed by atoms with E-state index in [4.69, 9.17) is 0 Å². The normalized spacial score (nSPS) is 28.0. The van der Waals surface area contributed by atoms with Gasteiger partial charge in [-0.15, -0.1) is 0 Å². The van der Waals surface area contributed by atoms with E-state index in [0.29, 0.717) is 17.5 Å². The number of fused-ring (bicyclic) bond motifs is 1. The average molecular weight is 303 g/mol. The van der Waals surface area contributed by atoms with E-state index in [1.807, 2.05) is 27.8 Å². The van der Waals surface area contributed by atoms with Crippen LogP contribution in [0.3, 0.4) is 0 Å². The zero-order valence-corrected chi connectivity index (χ0v) is 12.3. The number of amides is 1. The molecule has 21 heavy (non-hydrogen) atoms. The largest absolute Gasteiger partial charge is 0.393 e. The van der Waals surface area contributed by atoms with Gasteiger partial charge in [-0.2, -0.15) is 16.4 Å². The van der Waals surface area contributed by atoms with Crippen molar-refractivity contribution in [3.05, 3.63) is 28.6 Å². The quantitative estimate of drug-likeness (QED) is 0.891. The zero-order chi connectivity index (χ0) is 14.4. The molecule has 1 aliphatic carbocycles. The summed E-state index contributed by atoms with van der Waals surface area (Å²) >= 11 is 1.62. The van der Waals surface area contributed by atoms with Crippen molar-refractivity contribution in [3.8, 4) is 11.3 Å². The van der Waals surface area contributed by atoms with Crippen molar-refractivity contribution in [1.29, 1.82) is 0 Å². The van der Waals surface area contributed by atoms with Crippen LogP contribution in [0.2, 0.25) is 0 Å². The predicted molar refractivity (Wildman–Crippen MR) is 80.0 cm³/mol. The first-order valence-corrected chi connectivity index (χ1v) is 8.20. The summed E-state index contributed by atoms with van der Waals surface area (Å²) in [6.07, 6.45) is 1.49. The molecular weight excluding hydrogens is 286 g/mol. The van der Waals surface area contributed by atoms with Crippen LogP contribution in [0.15, 0.2) is 22.9 Å². The lowest BCUT2D eigenvalue weighted by atomic mass is 10.0. The van der Waals surface area contributed by atoms with Gasteiger partial charge in [0.2, 0.25) is 0 Å². The fourth-order valence-corrected chi connectivity index (χ4v) is 4.24. The summed E-state index contributed by atoms with van der Waals surface area (Å²) in [6, 6.07) is 3.82. The molecule has 0 spiro atoms. The van der Waals surface area contributed by atoms with Crippen LogP contribution in [0.4, 0.5) is 0 Å². The Bertz CT molecular complexity index is 638. The van der Waals surface area contributed by atoms with E-state index in [0.717, 1.165) is 37.2 Å². The number of aromatic nitrogens is 2. The topological polar surface area (TPSA) is 69.2 Å². The van der Waals surface area contributed by atoms with Crippen molar-refractivity contribution in [1.82, 2.24) is 15.1 Å². The Hall–Kier alpha value is -1.66. The first-order chi connectivity index (χ1) is 10.2. The fraction of sp³-hybridized carbons (Fsp3) is 0.467. The minimum absolute atomic E-state index is 0.0212. The van der Waals surface area contributed by atoms with Crippen molar-refractivity contribution in [2.24, 2.45) is 11.8 Å². The fourth-order valence-electron chi connectivity index (χ4n) is 3.59. The average Bonchev–Trinajstić information content (AvgIpc) is 3.20. The molecule has 110 valence electrons. The highest BCUT2D eigenvalue weighted by atomic mass is 32.1. The Morgan fingerprint density at radius 3 is 2.81 bits per heavy atom. The van der Waals surface area contributed by atoms with E-state index < -0.39 is 0 Å².